The maximum atomic E-state index is 11.9. The van der Waals surface area contributed by atoms with Gasteiger partial charge in [0.1, 0.15) is 0 Å². The number of carbonyl (C=O) groups excluding carboxylic acids is 1. The second-order valence-electron chi connectivity index (χ2n) is 5.65. The Morgan fingerprint density at radius 1 is 1.42 bits per heavy atom. The summed E-state index contributed by atoms with van der Waals surface area (Å²) in [5, 5.41) is 3.15. The van der Waals surface area contributed by atoms with Gasteiger partial charge in [0.15, 0.2) is 0 Å². The van der Waals surface area contributed by atoms with Crippen LogP contribution in [-0.2, 0) is 17.6 Å². The van der Waals surface area contributed by atoms with Gasteiger partial charge in [-0.2, -0.15) is 0 Å². The number of nitrogens with one attached hydrogen (secondary N) is 1. The third-order valence-electron chi connectivity index (χ3n) is 3.78. The number of amides is 1. The van der Waals surface area contributed by atoms with Crippen molar-refractivity contribution in [3.63, 3.8) is 0 Å². The molecule has 0 aliphatic heterocycles. The first-order valence-electron chi connectivity index (χ1n) is 7.27. The van der Waals surface area contributed by atoms with E-state index in [1.54, 1.807) is 0 Å². The zero-order valence-corrected chi connectivity index (χ0v) is 11.7. The Morgan fingerprint density at radius 3 is 2.89 bits per heavy atom. The highest BCUT2D eigenvalue weighted by Gasteiger charge is 2.19. The molecule has 19 heavy (non-hydrogen) atoms. The van der Waals surface area contributed by atoms with Crippen molar-refractivity contribution in [2.24, 2.45) is 5.73 Å². The lowest BCUT2D eigenvalue weighted by molar-refractivity contribution is -0.122. The van der Waals surface area contributed by atoms with Gasteiger partial charge in [0.05, 0.1) is 0 Å². The first-order valence-corrected chi connectivity index (χ1v) is 7.27. The number of benzene rings is 1. The van der Waals surface area contributed by atoms with Crippen molar-refractivity contribution in [3.8, 4) is 0 Å². The molecule has 0 fully saturated rings. The molecule has 0 bridgehead atoms. The quantitative estimate of drug-likeness (QED) is 0.852. The van der Waals surface area contributed by atoms with Gasteiger partial charge in [-0.25, -0.2) is 0 Å². The molecule has 0 radical (unpaired) electrons. The molecule has 3 nitrogen and oxygen atoms in total. The van der Waals surface area contributed by atoms with Crippen molar-refractivity contribution < 1.29 is 4.79 Å². The van der Waals surface area contributed by atoms with Crippen LogP contribution in [0.4, 0.5) is 0 Å². The van der Waals surface area contributed by atoms with Gasteiger partial charge >= 0.3 is 0 Å². The average molecular weight is 260 g/mol. The van der Waals surface area contributed by atoms with Crippen molar-refractivity contribution >= 4 is 5.91 Å². The fraction of sp³-hybridized carbons (Fsp3) is 0.562. The normalized spacial score (nSPS) is 19.6. The lowest BCUT2D eigenvalue weighted by Crippen LogP contribution is -2.38. The molecular formula is C16H24N2O. The van der Waals surface area contributed by atoms with Crippen molar-refractivity contribution in [1.29, 1.82) is 0 Å². The summed E-state index contributed by atoms with van der Waals surface area (Å²) < 4.78 is 0. The molecule has 0 heterocycles. The Balaban J connectivity index is 1.77. The monoisotopic (exact) mass is 260 g/mol. The van der Waals surface area contributed by atoms with Crippen LogP contribution in [0.15, 0.2) is 24.3 Å². The van der Waals surface area contributed by atoms with Gasteiger partial charge in [0.2, 0.25) is 5.91 Å². The van der Waals surface area contributed by atoms with Crippen LogP contribution >= 0.6 is 0 Å². The Kier molecular flexibility index (Phi) is 4.97. The summed E-state index contributed by atoms with van der Waals surface area (Å²) in [6.45, 7) is 1.98. The Morgan fingerprint density at radius 2 is 2.16 bits per heavy atom. The van der Waals surface area contributed by atoms with Crippen LogP contribution in [0.25, 0.3) is 0 Å². The Labute approximate surface area is 115 Å². The van der Waals surface area contributed by atoms with Gasteiger partial charge in [0, 0.05) is 18.5 Å². The van der Waals surface area contributed by atoms with Gasteiger partial charge in [-0.1, -0.05) is 24.3 Å². The lowest BCUT2D eigenvalue weighted by atomic mass is 9.88. The van der Waals surface area contributed by atoms with Crippen LogP contribution in [0.5, 0.6) is 0 Å². The lowest BCUT2D eigenvalue weighted by Gasteiger charge is -2.25. The number of hydrogen-bond acceptors (Lipinski definition) is 2. The van der Waals surface area contributed by atoms with Crippen LogP contribution < -0.4 is 11.1 Å². The Bertz CT molecular complexity index is 429. The van der Waals surface area contributed by atoms with E-state index in [0.717, 1.165) is 32.1 Å². The summed E-state index contributed by atoms with van der Waals surface area (Å²) in [5.41, 5.74) is 8.50. The zero-order chi connectivity index (χ0) is 13.7. The van der Waals surface area contributed by atoms with E-state index in [1.165, 1.54) is 11.1 Å². The smallest absolute Gasteiger partial charge is 0.220 e. The second kappa shape index (κ2) is 6.71. The highest BCUT2D eigenvalue weighted by molar-refractivity contribution is 5.76. The van der Waals surface area contributed by atoms with Gasteiger partial charge in [-0.3, -0.25) is 4.79 Å². The molecule has 1 aliphatic rings. The van der Waals surface area contributed by atoms with E-state index in [0.29, 0.717) is 12.5 Å². The van der Waals surface area contributed by atoms with Gasteiger partial charge in [0.25, 0.3) is 0 Å². The van der Waals surface area contributed by atoms with E-state index in [-0.39, 0.29) is 11.9 Å². The van der Waals surface area contributed by atoms with Gasteiger partial charge in [-0.05, 0) is 50.2 Å². The molecule has 1 amide bonds. The largest absolute Gasteiger partial charge is 0.353 e. The van der Waals surface area contributed by atoms with E-state index < -0.39 is 0 Å². The third-order valence-corrected chi connectivity index (χ3v) is 3.78. The predicted octanol–water partition coefficient (Wildman–Crippen LogP) is 2.18. The minimum Gasteiger partial charge on any atom is -0.353 e. The highest BCUT2D eigenvalue weighted by atomic mass is 16.1. The fourth-order valence-electron chi connectivity index (χ4n) is 2.71. The summed E-state index contributed by atoms with van der Waals surface area (Å²) in [6, 6.07) is 9.02. The predicted molar refractivity (Wildman–Crippen MR) is 77.9 cm³/mol. The first kappa shape index (κ1) is 14.1. The van der Waals surface area contributed by atoms with E-state index in [9.17, 15) is 4.79 Å². The van der Waals surface area contributed by atoms with E-state index in [1.807, 2.05) is 6.92 Å². The molecule has 0 aromatic heterocycles. The maximum absolute atomic E-state index is 11.9. The zero-order valence-electron chi connectivity index (χ0n) is 11.7. The average Bonchev–Trinajstić information content (AvgIpc) is 2.38. The molecule has 2 rings (SSSR count). The molecule has 0 spiro atoms. The summed E-state index contributed by atoms with van der Waals surface area (Å²) >= 11 is 0. The van der Waals surface area contributed by atoms with Crippen molar-refractivity contribution in [1.82, 2.24) is 5.32 Å². The highest BCUT2D eigenvalue weighted by Crippen LogP contribution is 2.21. The van der Waals surface area contributed by atoms with Crippen molar-refractivity contribution in [2.75, 3.05) is 0 Å². The van der Waals surface area contributed by atoms with Crippen LogP contribution in [0.3, 0.4) is 0 Å². The standard InChI is InChI=1S/C16H24N2O/c1-12(17)5-4-8-16(19)18-15-10-9-13-6-2-3-7-14(13)11-15/h2-3,6-7,12,15H,4-5,8-11,17H2,1H3,(H,18,19). The molecule has 1 aromatic rings. The minimum absolute atomic E-state index is 0.171. The Hall–Kier alpha value is -1.35. The number of nitrogens with two attached hydrogens (primary N) is 1. The SMILES string of the molecule is CC(N)CCCC(=O)NC1CCc2ccccc2C1. The van der Waals surface area contributed by atoms with E-state index in [4.69, 9.17) is 5.73 Å². The van der Waals surface area contributed by atoms with Gasteiger partial charge < -0.3 is 11.1 Å². The maximum Gasteiger partial charge on any atom is 0.220 e. The van der Waals surface area contributed by atoms with Crippen LogP contribution in [0, 0.1) is 0 Å². The molecule has 0 saturated carbocycles. The molecular weight excluding hydrogens is 236 g/mol. The van der Waals surface area contributed by atoms with Crippen LogP contribution in [0.2, 0.25) is 0 Å². The van der Waals surface area contributed by atoms with Crippen LogP contribution in [0.1, 0.15) is 43.7 Å². The molecule has 1 aliphatic carbocycles. The number of hydrogen-bond donors (Lipinski definition) is 2. The van der Waals surface area contributed by atoms with Gasteiger partial charge in [-0.15, -0.1) is 0 Å². The second-order valence-corrected chi connectivity index (χ2v) is 5.65. The first-order chi connectivity index (χ1) is 9.15. The molecule has 3 heteroatoms. The summed E-state index contributed by atoms with van der Waals surface area (Å²) in [6.07, 6.45) is 5.49. The van der Waals surface area contributed by atoms with Crippen molar-refractivity contribution in [2.45, 2.75) is 57.5 Å². The summed E-state index contributed by atoms with van der Waals surface area (Å²) in [5.74, 6) is 0.171. The van der Waals surface area contributed by atoms with E-state index in [2.05, 4.69) is 29.6 Å². The molecule has 3 N–H and O–H groups in total. The summed E-state index contributed by atoms with van der Waals surface area (Å²) in [7, 11) is 0. The minimum atomic E-state index is 0.171. The molecule has 1 aromatic carbocycles. The summed E-state index contributed by atoms with van der Waals surface area (Å²) in [4.78, 5) is 11.9. The van der Waals surface area contributed by atoms with E-state index >= 15 is 0 Å². The number of carbonyl (C=O) groups is 1. The number of aryl methyl sites for hydroxylation is 1. The fourth-order valence-corrected chi connectivity index (χ4v) is 2.71. The van der Waals surface area contributed by atoms with Crippen molar-refractivity contribution in [3.05, 3.63) is 35.4 Å². The third kappa shape index (κ3) is 4.35. The number of rotatable bonds is 5. The number of fused-ring (bicyclic) bond motifs is 1. The molecule has 2 unspecified atom stereocenters. The molecule has 2 atom stereocenters. The molecule has 0 saturated heterocycles. The topological polar surface area (TPSA) is 55.1 Å². The van der Waals surface area contributed by atoms with Crippen LogP contribution in [-0.4, -0.2) is 18.0 Å². The molecule has 104 valence electrons.